The minimum absolute atomic E-state index is 0.0540. The number of amides is 2. The van der Waals surface area contributed by atoms with Gasteiger partial charge in [-0.05, 0) is 30.7 Å². The molecule has 2 N–H and O–H groups in total. The van der Waals surface area contributed by atoms with Gasteiger partial charge in [0.25, 0.3) is 5.92 Å². The predicted molar refractivity (Wildman–Crippen MR) is 124 cm³/mol. The molecule has 0 spiro atoms. The first-order chi connectivity index (χ1) is 16.9. The number of hydrogen-bond donors (Lipinski definition) is 2. The van der Waals surface area contributed by atoms with Gasteiger partial charge in [0.15, 0.2) is 0 Å². The molecule has 2 amide bonds. The Kier molecular flexibility index (Phi) is 7.01. The Balaban J connectivity index is 1.83. The molecule has 36 heavy (non-hydrogen) atoms. The van der Waals surface area contributed by atoms with Gasteiger partial charge in [0, 0.05) is 35.2 Å². The SMILES string of the molecule is N#Cc1cc(F)cc(N(C(=O)[C@@H]2CCS(=O)(=O)N2)C(C(=O)NC2CC(F)(F)C2)c2ccccc2Cl)c1. The summed E-state index contributed by atoms with van der Waals surface area (Å²) in [5, 5.41) is 11.9. The molecule has 13 heteroatoms. The third-order valence-electron chi connectivity index (χ3n) is 5.97. The summed E-state index contributed by atoms with van der Waals surface area (Å²) in [6.07, 6.45) is -1.31. The van der Waals surface area contributed by atoms with Crippen LogP contribution in [0.4, 0.5) is 18.9 Å². The zero-order valence-electron chi connectivity index (χ0n) is 18.5. The van der Waals surface area contributed by atoms with Gasteiger partial charge in [-0.2, -0.15) is 5.26 Å². The first-order valence-electron chi connectivity index (χ1n) is 10.9. The molecule has 2 aromatic carbocycles. The summed E-state index contributed by atoms with van der Waals surface area (Å²) >= 11 is 6.35. The third kappa shape index (κ3) is 5.48. The third-order valence-corrected chi connectivity index (χ3v) is 7.73. The number of nitrogens with zero attached hydrogens (tertiary/aromatic N) is 2. The molecule has 2 atom stereocenters. The number of alkyl halides is 2. The second-order valence-electron chi connectivity index (χ2n) is 8.69. The number of sulfonamides is 1. The maximum Gasteiger partial charge on any atom is 0.252 e. The summed E-state index contributed by atoms with van der Waals surface area (Å²) in [4.78, 5) is 28.1. The molecule has 190 valence electrons. The van der Waals surface area contributed by atoms with Crippen molar-refractivity contribution in [2.45, 2.75) is 43.3 Å². The van der Waals surface area contributed by atoms with Gasteiger partial charge in [-0.25, -0.2) is 26.3 Å². The van der Waals surface area contributed by atoms with Gasteiger partial charge in [0.05, 0.1) is 17.4 Å². The van der Waals surface area contributed by atoms with Crippen LogP contribution >= 0.6 is 11.6 Å². The summed E-state index contributed by atoms with van der Waals surface area (Å²) < 4.78 is 67.4. The Hall–Kier alpha value is -3.14. The van der Waals surface area contributed by atoms with E-state index in [0.717, 1.165) is 17.0 Å². The van der Waals surface area contributed by atoms with Crippen LogP contribution < -0.4 is 14.9 Å². The predicted octanol–water partition coefficient (Wildman–Crippen LogP) is 3.03. The van der Waals surface area contributed by atoms with Gasteiger partial charge in [-0.3, -0.25) is 14.5 Å². The number of anilines is 1. The fourth-order valence-corrected chi connectivity index (χ4v) is 5.82. The van der Waals surface area contributed by atoms with E-state index < -0.39 is 64.5 Å². The number of carbonyl (C=O) groups excluding carboxylic acids is 2. The average Bonchev–Trinajstić information content (AvgIpc) is 3.15. The van der Waals surface area contributed by atoms with E-state index in [9.17, 15) is 36.4 Å². The van der Waals surface area contributed by atoms with E-state index in [-0.39, 0.29) is 34.0 Å². The van der Waals surface area contributed by atoms with Crippen molar-refractivity contribution in [3.8, 4) is 6.07 Å². The Labute approximate surface area is 210 Å². The summed E-state index contributed by atoms with van der Waals surface area (Å²) in [6.45, 7) is 0. The molecular formula is C23H20ClF3N4O4S. The van der Waals surface area contributed by atoms with Crippen molar-refractivity contribution in [2.24, 2.45) is 0 Å². The summed E-state index contributed by atoms with van der Waals surface area (Å²) in [6, 6.07) is 7.01. The maximum atomic E-state index is 14.4. The zero-order chi connectivity index (χ0) is 26.3. The molecule has 1 aliphatic heterocycles. The number of halogens is 4. The Morgan fingerprint density at radius 1 is 1.22 bits per heavy atom. The van der Waals surface area contributed by atoms with Crippen LogP contribution in [0.2, 0.25) is 5.02 Å². The summed E-state index contributed by atoms with van der Waals surface area (Å²) in [5.41, 5.74) is -0.270. The highest BCUT2D eigenvalue weighted by Crippen LogP contribution is 2.39. The van der Waals surface area contributed by atoms with E-state index in [0.29, 0.717) is 0 Å². The van der Waals surface area contributed by atoms with Gasteiger partial charge >= 0.3 is 0 Å². The van der Waals surface area contributed by atoms with E-state index in [1.807, 2.05) is 0 Å². The van der Waals surface area contributed by atoms with Crippen molar-refractivity contribution < 1.29 is 31.2 Å². The van der Waals surface area contributed by atoms with Crippen LogP contribution in [0.25, 0.3) is 0 Å². The van der Waals surface area contributed by atoms with Gasteiger partial charge in [0.2, 0.25) is 21.8 Å². The highest BCUT2D eigenvalue weighted by Gasteiger charge is 2.48. The number of carbonyl (C=O) groups is 2. The monoisotopic (exact) mass is 540 g/mol. The molecule has 2 aromatic rings. The lowest BCUT2D eigenvalue weighted by atomic mass is 9.87. The largest absolute Gasteiger partial charge is 0.351 e. The van der Waals surface area contributed by atoms with Crippen LogP contribution in [0.1, 0.15) is 36.4 Å². The topological polar surface area (TPSA) is 119 Å². The minimum atomic E-state index is -3.76. The fraction of sp³-hybridized carbons (Fsp3) is 0.348. The van der Waals surface area contributed by atoms with Crippen molar-refractivity contribution in [1.29, 1.82) is 5.26 Å². The fourth-order valence-electron chi connectivity index (χ4n) is 4.27. The van der Waals surface area contributed by atoms with Gasteiger partial charge < -0.3 is 5.32 Å². The van der Waals surface area contributed by atoms with E-state index >= 15 is 0 Å². The van der Waals surface area contributed by atoms with Crippen LogP contribution in [-0.4, -0.2) is 44.0 Å². The second kappa shape index (κ2) is 9.72. The van der Waals surface area contributed by atoms with E-state index in [2.05, 4.69) is 10.0 Å². The van der Waals surface area contributed by atoms with Gasteiger partial charge in [-0.1, -0.05) is 29.8 Å². The van der Waals surface area contributed by atoms with Crippen molar-refractivity contribution in [1.82, 2.24) is 10.0 Å². The normalized spacial score (nSPS) is 21.1. The van der Waals surface area contributed by atoms with Crippen LogP contribution in [0.3, 0.4) is 0 Å². The molecule has 1 saturated carbocycles. The van der Waals surface area contributed by atoms with Gasteiger partial charge in [0.1, 0.15) is 17.9 Å². The molecule has 2 fully saturated rings. The van der Waals surface area contributed by atoms with Crippen LogP contribution in [0, 0.1) is 17.1 Å². The number of rotatable bonds is 6. The second-order valence-corrected chi connectivity index (χ2v) is 11.0. The molecule has 0 aromatic heterocycles. The molecule has 1 unspecified atom stereocenters. The molecule has 0 bridgehead atoms. The van der Waals surface area contributed by atoms with E-state index in [1.54, 1.807) is 12.1 Å². The lowest BCUT2D eigenvalue weighted by Crippen LogP contribution is -2.55. The van der Waals surface area contributed by atoms with Crippen LogP contribution in [0.15, 0.2) is 42.5 Å². The van der Waals surface area contributed by atoms with Crippen molar-refractivity contribution in [3.05, 3.63) is 64.4 Å². The molecule has 0 radical (unpaired) electrons. The molecule has 1 heterocycles. The van der Waals surface area contributed by atoms with Crippen LogP contribution in [0.5, 0.6) is 0 Å². The van der Waals surface area contributed by atoms with E-state index in [4.69, 9.17) is 11.6 Å². The molecular weight excluding hydrogens is 521 g/mol. The quantitative estimate of drug-likeness (QED) is 0.584. The summed E-state index contributed by atoms with van der Waals surface area (Å²) in [7, 11) is -3.76. The number of hydrogen-bond acceptors (Lipinski definition) is 5. The minimum Gasteiger partial charge on any atom is -0.351 e. The lowest BCUT2D eigenvalue weighted by Gasteiger charge is -2.38. The highest BCUT2D eigenvalue weighted by atomic mass is 35.5. The first-order valence-corrected chi connectivity index (χ1v) is 12.9. The molecule has 1 saturated heterocycles. The van der Waals surface area contributed by atoms with Crippen molar-refractivity contribution in [2.75, 3.05) is 10.7 Å². The number of nitrogens with one attached hydrogen (secondary N) is 2. The van der Waals surface area contributed by atoms with E-state index in [1.165, 1.54) is 24.3 Å². The molecule has 4 rings (SSSR count). The summed E-state index contributed by atoms with van der Waals surface area (Å²) in [5.74, 6) is -5.93. The van der Waals surface area contributed by atoms with Gasteiger partial charge in [-0.15, -0.1) is 0 Å². The average molecular weight is 541 g/mol. The highest BCUT2D eigenvalue weighted by molar-refractivity contribution is 7.89. The Bertz CT molecular complexity index is 1360. The molecule has 2 aliphatic rings. The Morgan fingerprint density at radius 3 is 2.50 bits per heavy atom. The molecule has 1 aliphatic carbocycles. The Morgan fingerprint density at radius 2 is 1.92 bits per heavy atom. The standard InChI is InChI=1S/C23H20ClF3N4O4S/c24-18-4-2-1-3-17(18)20(21(32)29-15-10-23(26,27)11-15)31(16-8-13(12-28)7-14(25)9-16)22(33)19-5-6-36(34,35)30-19/h1-4,7-9,15,19-20,30H,5-6,10-11H2,(H,29,32)/t19-,20?/m0/s1. The lowest BCUT2D eigenvalue weighted by molar-refractivity contribution is -0.133. The smallest absolute Gasteiger partial charge is 0.252 e. The zero-order valence-corrected chi connectivity index (χ0v) is 20.1. The van der Waals surface area contributed by atoms with Crippen LogP contribution in [-0.2, 0) is 19.6 Å². The maximum absolute atomic E-state index is 14.4. The first kappa shape index (κ1) is 25.9. The van der Waals surface area contributed by atoms with Crippen molar-refractivity contribution in [3.63, 3.8) is 0 Å². The number of nitriles is 1. The van der Waals surface area contributed by atoms with Crippen molar-refractivity contribution >= 4 is 39.1 Å². The number of benzene rings is 2. The molecule has 8 nitrogen and oxygen atoms in total.